The molecule has 6 nitrogen and oxygen atoms in total. The van der Waals surface area contributed by atoms with Crippen molar-refractivity contribution in [1.82, 2.24) is 9.91 Å². The number of aryl methyl sites for hydroxylation is 1. The summed E-state index contributed by atoms with van der Waals surface area (Å²) in [6.45, 7) is 6.90. The third kappa shape index (κ3) is 4.95. The largest absolute Gasteiger partial charge is 0.496 e. The number of hydrogen-bond acceptors (Lipinski definition) is 6. The maximum Gasteiger partial charge on any atom is 0.164 e. The van der Waals surface area contributed by atoms with E-state index in [0.717, 1.165) is 38.3 Å². The lowest BCUT2D eigenvalue weighted by atomic mass is 10.1. The monoisotopic (exact) mass is 383 g/mol. The second-order valence-electron chi connectivity index (χ2n) is 6.91. The number of rotatable bonds is 7. The van der Waals surface area contributed by atoms with E-state index >= 15 is 0 Å². The lowest BCUT2D eigenvalue weighted by Gasteiger charge is -2.33. The average molecular weight is 383 g/mol. The van der Waals surface area contributed by atoms with Gasteiger partial charge in [-0.15, -0.1) is 0 Å². The standard InChI is InChI=1S/C22H29N3O3/c1-17-5-7-18(8-6-17)16-24-9-11-25(12-10-24)23-15-19-13-21(27-3)22(28-4)14-20(19)26-2/h5-8,13-15H,9-12,16H2,1-4H3. The van der Waals surface area contributed by atoms with Gasteiger partial charge in [-0.25, -0.2) is 0 Å². The van der Waals surface area contributed by atoms with Gasteiger partial charge in [-0.05, 0) is 18.6 Å². The summed E-state index contributed by atoms with van der Waals surface area (Å²) >= 11 is 0. The zero-order chi connectivity index (χ0) is 19.9. The molecular weight excluding hydrogens is 354 g/mol. The zero-order valence-electron chi connectivity index (χ0n) is 17.1. The predicted octanol–water partition coefficient (Wildman–Crippen LogP) is 3.17. The molecule has 0 bridgehead atoms. The molecule has 150 valence electrons. The van der Waals surface area contributed by atoms with Crippen LogP contribution in [0.2, 0.25) is 0 Å². The molecule has 6 heteroatoms. The first-order valence-electron chi connectivity index (χ1n) is 9.49. The quantitative estimate of drug-likeness (QED) is 0.688. The molecule has 3 rings (SSSR count). The molecule has 0 atom stereocenters. The summed E-state index contributed by atoms with van der Waals surface area (Å²) in [5.41, 5.74) is 3.52. The predicted molar refractivity (Wildman–Crippen MR) is 112 cm³/mol. The summed E-state index contributed by atoms with van der Waals surface area (Å²) in [6, 6.07) is 12.5. The summed E-state index contributed by atoms with van der Waals surface area (Å²) in [6.07, 6.45) is 1.83. The lowest BCUT2D eigenvalue weighted by molar-refractivity contribution is 0.131. The zero-order valence-corrected chi connectivity index (χ0v) is 17.1. The molecule has 2 aromatic carbocycles. The van der Waals surface area contributed by atoms with E-state index in [0.29, 0.717) is 17.2 Å². The fraction of sp³-hybridized carbons (Fsp3) is 0.409. The molecular formula is C22H29N3O3. The number of piperazine rings is 1. The maximum absolute atomic E-state index is 5.47. The van der Waals surface area contributed by atoms with E-state index in [1.165, 1.54) is 11.1 Å². The second kappa shape index (κ2) is 9.46. The van der Waals surface area contributed by atoms with Gasteiger partial charge < -0.3 is 14.2 Å². The Morgan fingerprint density at radius 1 is 0.857 bits per heavy atom. The normalized spacial score (nSPS) is 15.1. The Morgan fingerprint density at radius 3 is 2.07 bits per heavy atom. The van der Waals surface area contributed by atoms with Gasteiger partial charge in [0.1, 0.15) is 5.75 Å². The lowest BCUT2D eigenvalue weighted by Crippen LogP contribution is -2.43. The van der Waals surface area contributed by atoms with E-state index in [1.54, 1.807) is 21.3 Å². The Kier molecular flexibility index (Phi) is 6.76. The van der Waals surface area contributed by atoms with Crippen molar-refractivity contribution in [2.75, 3.05) is 47.5 Å². The third-order valence-corrected chi connectivity index (χ3v) is 4.97. The van der Waals surface area contributed by atoms with Crippen LogP contribution >= 0.6 is 0 Å². The van der Waals surface area contributed by atoms with Gasteiger partial charge in [-0.1, -0.05) is 29.8 Å². The summed E-state index contributed by atoms with van der Waals surface area (Å²) in [5, 5.41) is 6.75. The maximum atomic E-state index is 5.47. The van der Waals surface area contributed by atoms with Crippen LogP contribution in [0.5, 0.6) is 17.2 Å². The second-order valence-corrected chi connectivity index (χ2v) is 6.91. The summed E-state index contributed by atoms with van der Waals surface area (Å²) in [7, 11) is 4.88. The van der Waals surface area contributed by atoms with Crippen molar-refractivity contribution in [1.29, 1.82) is 0 Å². The number of methoxy groups -OCH3 is 3. The van der Waals surface area contributed by atoms with Crippen molar-refractivity contribution in [3.8, 4) is 17.2 Å². The summed E-state index contributed by atoms with van der Waals surface area (Å²) in [4.78, 5) is 2.47. The van der Waals surface area contributed by atoms with E-state index in [1.807, 2.05) is 18.3 Å². The van der Waals surface area contributed by atoms with Gasteiger partial charge in [0.05, 0.1) is 27.5 Å². The Bertz CT molecular complexity index is 797. The molecule has 0 unspecified atom stereocenters. The molecule has 28 heavy (non-hydrogen) atoms. The molecule has 0 radical (unpaired) electrons. The summed E-state index contributed by atoms with van der Waals surface area (Å²) < 4.78 is 16.2. The van der Waals surface area contributed by atoms with E-state index in [2.05, 4.69) is 46.2 Å². The van der Waals surface area contributed by atoms with Crippen molar-refractivity contribution < 1.29 is 14.2 Å². The number of nitrogens with zero attached hydrogens (tertiary/aromatic N) is 3. The highest BCUT2D eigenvalue weighted by molar-refractivity contribution is 5.85. The first-order valence-corrected chi connectivity index (χ1v) is 9.49. The van der Waals surface area contributed by atoms with Crippen molar-refractivity contribution in [3.05, 3.63) is 53.1 Å². The Balaban J connectivity index is 1.59. The number of ether oxygens (including phenoxy) is 3. The number of hydrazone groups is 1. The highest BCUT2D eigenvalue weighted by Crippen LogP contribution is 2.33. The van der Waals surface area contributed by atoms with Crippen molar-refractivity contribution in [2.45, 2.75) is 13.5 Å². The fourth-order valence-electron chi connectivity index (χ4n) is 3.26. The van der Waals surface area contributed by atoms with Gasteiger partial charge in [-0.3, -0.25) is 9.91 Å². The number of hydrogen-bond donors (Lipinski definition) is 0. The molecule has 2 aromatic rings. The first kappa shape index (κ1) is 20.0. The molecule has 1 aliphatic heterocycles. The molecule has 0 N–H and O–H groups in total. The minimum absolute atomic E-state index is 0.640. The molecule has 0 aromatic heterocycles. The van der Waals surface area contributed by atoms with Crippen LogP contribution in [0.4, 0.5) is 0 Å². The van der Waals surface area contributed by atoms with Gasteiger partial charge in [0.15, 0.2) is 11.5 Å². The molecule has 1 heterocycles. The fourth-order valence-corrected chi connectivity index (χ4v) is 3.26. The minimum Gasteiger partial charge on any atom is -0.496 e. The molecule has 0 amide bonds. The molecule has 0 aliphatic carbocycles. The van der Waals surface area contributed by atoms with Gasteiger partial charge in [0.25, 0.3) is 0 Å². The van der Waals surface area contributed by atoms with Crippen molar-refractivity contribution in [3.63, 3.8) is 0 Å². The highest BCUT2D eigenvalue weighted by atomic mass is 16.5. The van der Waals surface area contributed by atoms with E-state index in [4.69, 9.17) is 14.2 Å². The van der Waals surface area contributed by atoms with Crippen LogP contribution in [0.15, 0.2) is 41.5 Å². The first-order chi connectivity index (χ1) is 13.6. The molecule has 0 saturated carbocycles. The summed E-state index contributed by atoms with van der Waals surface area (Å²) in [5.74, 6) is 2.01. The van der Waals surface area contributed by atoms with E-state index in [-0.39, 0.29) is 0 Å². The van der Waals surface area contributed by atoms with Crippen LogP contribution in [-0.2, 0) is 6.54 Å². The van der Waals surface area contributed by atoms with Crippen LogP contribution < -0.4 is 14.2 Å². The van der Waals surface area contributed by atoms with Gasteiger partial charge >= 0.3 is 0 Å². The smallest absolute Gasteiger partial charge is 0.164 e. The molecule has 0 spiro atoms. The van der Waals surface area contributed by atoms with Crippen LogP contribution in [-0.4, -0.2) is 63.6 Å². The number of benzene rings is 2. The van der Waals surface area contributed by atoms with Gasteiger partial charge in [0.2, 0.25) is 0 Å². The van der Waals surface area contributed by atoms with Crippen molar-refractivity contribution >= 4 is 6.21 Å². The average Bonchev–Trinajstić information content (AvgIpc) is 2.74. The molecule has 1 fully saturated rings. The Morgan fingerprint density at radius 2 is 1.46 bits per heavy atom. The Hall–Kier alpha value is -2.73. The molecule has 1 saturated heterocycles. The van der Waals surface area contributed by atoms with Gasteiger partial charge in [-0.2, -0.15) is 5.10 Å². The van der Waals surface area contributed by atoms with E-state index in [9.17, 15) is 0 Å². The third-order valence-electron chi connectivity index (χ3n) is 4.97. The minimum atomic E-state index is 0.640. The molecule has 1 aliphatic rings. The van der Waals surface area contributed by atoms with Crippen LogP contribution in [0.1, 0.15) is 16.7 Å². The van der Waals surface area contributed by atoms with Gasteiger partial charge in [0, 0.05) is 44.4 Å². The highest BCUT2D eigenvalue weighted by Gasteiger charge is 2.16. The van der Waals surface area contributed by atoms with E-state index < -0.39 is 0 Å². The van der Waals surface area contributed by atoms with Crippen LogP contribution in [0, 0.1) is 6.92 Å². The Labute approximate surface area is 167 Å². The SMILES string of the molecule is COc1cc(OC)c(OC)cc1C=NN1CCN(Cc2ccc(C)cc2)CC1. The topological polar surface area (TPSA) is 46.5 Å². The van der Waals surface area contributed by atoms with Crippen molar-refractivity contribution in [2.24, 2.45) is 5.10 Å². The van der Waals surface area contributed by atoms with Crippen LogP contribution in [0.3, 0.4) is 0 Å². The van der Waals surface area contributed by atoms with Crippen LogP contribution in [0.25, 0.3) is 0 Å².